The van der Waals surface area contributed by atoms with Crippen LogP contribution >= 0.6 is 11.6 Å². The van der Waals surface area contributed by atoms with Crippen molar-refractivity contribution in [2.24, 2.45) is 11.5 Å². The fourth-order valence-electron chi connectivity index (χ4n) is 1.50. The molecule has 0 aliphatic rings. The maximum atomic E-state index is 12.6. The largest absolute Gasteiger partial charge is 0.417 e. The van der Waals surface area contributed by atoms with Gasteiger partial charge in [0.2, 0.25) is 0 Å². The molecule has 0 radical (unpaired) electrons. The van der Waals surface area contributed by atoms with E-state index in [1.54, 1.807) is 0 Å². The minimum atomic E-state index is -4.46. The molecule has 1 rings (SSSR count). The maximum absolute atomic E-state index is 12.6. The van der Waals surface area contributed by atoms with Crippen LogP contribution in [0.25, 0.3) is 0 Å². The molecular formula is C11H14ClF3N2. The van der Waals surface area contributed by atoms with Crippen molar-refractivity contribution in [3.05, 3.63) is 34.3 Å². The van der Waals surface area contributed by atoms with Gasteiger partial charge in [-0.3, -0.25) is 0 Å². The Hall–Kier alpha value is -0.780. The molecule has 0 aliphatic carbocycles. The van der Waals surface area contributed by atoms with Crippen molar-refractivity contribution in [1.29, 1.82) is 0 Å². The SMILES string of the molecule is NCCC[C@@H](N)c1ccc(Cl)c(C(F)(F)F)c1. The summed E-state index contributed by atoms with van der Waals surface area (Å²) in [4.78, 5) is 0. The van der Waals surface area contributed by atoms with Gasteiger partial charge in [0.25, 0.3) is 0 Å². The van der Waals surface area contributed by atoms with Gasteiger partial charge in [-0.1, -0.05) is 17.7 Å². The second kappa shape index (κ2) is 5.71. The highest BCUT2D eigenvalue weighted by Gasteiger charge is 2.33. The molecule has 1 atom stereocenters. The van der Waals surface area contributed by atoms with Crippen LogP contribution in [0.5, 0.6) is 0 Å². The molecule has 17 heavy (non-hydrogen) atoms. The summed E-state index contributed by atoms with van der Waals surface area (Å²) >= 11 is 5.51. The van der Waals surface area contributed by atoms with Crippen LogP contribution in [0, 0.1) is 0 Å². The van der Waals surface area contributed by atoms with Gasteiger partial charge >= 0.3 is 6.18 Å². The zero-order valence-electron chi connectivity index (χ0n) is 9.10. The topological polar surface area (TPSA) is 52.0 Å². The highest BCUT2D eigenvalue weighted by Crippen LogP contribution is 2.36. The highest BCUT2D eigenvalue weighted by atomic mass is 35.5. The van der Waals surface area contributed by atoms with Crippen molar-refractivity contribution < 1.29 is 13.2 Å². The summed E-state index contributed by atoms with van der Waals surface area (Å²) in [5, 5.41) is -0.313. The first-order chi connectivity index (χ1) is 7.86. The lowest BCUT2D eigenvalue weighted by atomic mass is 10.0. The summed E-state index contributed by atoms with van der Waals surface area (Å²) in [6, 6.07) is 3.29. The number of rotatable bonds is 4. The molecule has 0 spiro atoms. The first-order valence-electron chi connectivity index (χ1n) is 5.18. The van der Waals surface area contributed by atoms with Crippen molar-refractivity contribution in [2.75, 3.05) is 6.54 Å². The number of benzene rings is 1. The van der Waals surface area contributed by atoms with E-state index in [4.69, 9.17) is 23.1 Å². The summed E-state index contributed by atoms with van der Waals surface area (Å²) in [5.41, 5.74) is 10.7. The van der Waals surface area contributed by atoms with Crippen molar-refractivity contribution in [2.45, 2.75) is 25.1 Å². The average molecular weight is 267 g/mol. The smallest absolute Gasteiger partial charge is 0.330 e. The Balaban J connectivity index is 2.96. The average Bonchev–Trinajstić information content (AvgIpc) is 2.25. The zero-order chi connectivity index (χ0) is 13.1. The summed E-state index contributed by atoms with van der Waals surface area (Å²) in [6.45, 7) is 0.466. The molecule has 0 unspecified atom stereocenters. The molecule has 0 bridgehead atoms. The Kier molecular flexibility index (Phi) is 4.80. The number of halogens is 4. The highest BCUT2D eigenvalue weighted by molar-refractivity contribution is 6.31. The minimum Gasteiger partial charge on any atom is -0.330 e. The van der Waals surface area contributed by atoms with Gasteiger partial charge < -0.3 is 11.5 Å². The van der Waals surface area contributed by atoms with Crippen LogP contribution in [0.15, 0.2) is 18.2 Å². The number of hydrogen-bond donors (Lipinski definition) is 2. The molecule has 4 N–H and O–H groups in total. The van der Waals surface area contributed by atoms with E-state index in [2.05, 4.69) is 0 Å². The third kappa shape index (κ3) is 3.87. The normalized spacial score (nSPS) is 13.8. The van der Waals surface area contributed by atoms with Crippen molar-refractivity contribution >= 4 is 11.6 Å². The number of alkyl halides is 3. The van der Waals surface area contributed by atoms with E-state index in [9.17, 15) is 13.2 Å². The summed E-state index contributed by atoms with van der Waals surface area (Å²) in [6.07, 6.45) is -3.23. The van der Waals surface area contributed by atoms with Gasteiger partial charge in [-0.2, -0.15) is 13.2 Å². The van der Waals surface area contributed by atoms with Gasteiger partial charge in [0.05, 0.1) is 10.6 Å². The molecule has 2 nitrogen and oxygen atoms in total. The first-order valence-corrected chi connectivity index (χ1v) is 5.56. The summed E-state index contributed by atoms with van der Waals surface area (Å²) in [7, 11) is 0. The van der Waals surface area contributed by atoms with Crippen molar-refractivity contribution in [1.82, 2.24) is 0 Å². The van der Waals surface area contributed by atoms with E-state index >= 15 is 0 Å². The zero-order valence-corrected chi connectivity index (χ0v) is 9.85. The molecule has 0 aliphatic heterocycles. The maximum Gasteiger partial charge on any atom is 0.417 e. The van der Waals surface area contributed by atoms with Crippen LogP contribution in [0.1, 0.15) is 30.0 Å². The molecule has 0 aromatic heterocycles. The molecule has 1 aromatic rings. The van der Waals surface area contributed by atoms with Gasteiger partial charge in [-0.15, -0.1) is 0 Å². The van der Waals surface area contributed by atoms with Crippen LogP contribution in [-0.4, -0.2) is 6.54 Å². The lowest BCUT2D eigenvalue weighted by molar-refractivity contribution is -0.137. The number of hydrogen-bond acceptors (Lipinski definition) is 2. The van der Waals surface area contributed by atoms with Gasteiger partial charge in [-0.05, 0) is 37.1 Å². The van der Waals surface area contributed by atoms with Crippen LogP contribution < -0.4 is 11.5 Å². The van der Waals surface area contributed by atoms with E-state index in [0.29, 0.717) is 24.9 Å². The van der Waals surface area contributed by atoms with E-state index in [0.717, 1.165) is 6.07 Å². The molecule has 0 heterocycles. The molecule has 0 saturated heterocycles. The third-order valence-corrected chi connectivity index (χ3v) is 2.77. The Morgan fingerprint density at radius 3 is 2.47 bits per heavy atom. The van der Waals surface area contributed by atoms with Crippen LogP contribution in [0.4, 0.5) is 13.2 Å². The second-order valence-electron chi connectivity index (χ2n) is 3.77. The predicted octanol–water partition coefficient (Wildman–Crippen LogP) is 3.10. The lowest BCUT2D eigenvalue weighted by Crippen LogP contribution is -2.14. The van der Waals surface area contributed by atoms with E-state index in [1.165, 1.54) is 12.1 Å². The molecule has 1 aromatic carbocycles. The van der Waals surface area contributed by atoms with E-state index in [1.807, 2.05) is 0 Å². The van der Waals surface area contributed by atoms with Gasteiger partial charge in [0.1, 0.15) is 0 Å². The Labute approximate surface area is 103 Å². The molecule has 0 amide bonds. The Bertz CT molecular complexity index is 379. The predicted molar refractivity (Wildman–Crippen MR) is 61.7 cm³/mol. The number of nitrogens with two attached hydrogens (primary N) is 2. The lowest BCUT2D eigenvalue weighted by Gasteiger charge is -2.15. The van der Waals surface area contributed by atoms with Crippen LogP contribution in [0.2, 0.25) is 5.02 Å². The quantitative estimate of drug-likeness (QED) is 0.880. The molecule has 96 valence electrons. The molecule has 6 heteroatoms. The standard InChI is InChI=1S/C11H14ClF3N2/c12-9-4-3-7(10(17)2-1-5-16)6-8(9)11(13,14)15/h3-4,6,10H,1-2,5,16-17H2/t10-/m1/s1. The third-order valence-electron chi connectivity index (χ3n) is 2.44. The Morgan fingerprint density at radius 2 is 1.94 bits per heavy atom. The monoisotopic (exact) mass is 266 g/mol. The Morgan fingerprint density at radius 1 is 1.29 bits per heavy atom. The first kappa shape index (κ1) is 14.3. The molecular weight excluding hydrogens is 253 g/mol. The summed E-state index contributed by atoms with van der Waals surface area (Å²) in [5.74, 6) is 0. The van der Waals surface area contributed by atoms with Gasteiger partial charge in [0, 0.05) is 6.04 Å². The molecule has 0 saturated carbocycles. The second-order valence-corrected chi connectivity index (χ2v) is 4.18. The van der Waals surface area contributed by atoms with E-state index in [-0.39, 0.29) is 5.02 Å². The minimum absolute atomic E-state index is 0.313. The fourth-order valence-corrected chi connectivity index (χ4v) is 1.72. The van der Waals surface area contributed by atoms with Crippen molar-refractivity contribution in [3.63, 3.8) is 0 Å². The van der Waals surface area contributed by atoms with Crippen LogP contribution in [-0.2, 0) is 6.18 Å². The van der Waals surface area contributed by atoms with E-state index < -0.39 is 17.8 Å². The van der Waals surface area contributed by atoms with Crippen molar-refractivity contribution in [3.8, 4) is 0 Å². The van der Waals surface area contributed by atoms with Gasteiger partial charge in [-0.25, -0.2) is 0 Å². The molecule has 0 fully saturated rings. The fraction of sp³-hybridized carbons (Fsp3) is 0.455. The van der Waals surface area contributed by atoms with Gasteiger partial charge in [0.15, 0.2) is 0 Å². The van der Waals surface area contributed by atoms with Crippen LogP contribution in [0.3, 0.4) is 0 Å². The summed E-state index contributed by atoms with van der Waals surface area (Å²) < 4.78 is 37.8.